The van der Waals surface area contributed by atoms with Gasteiger partial charge in [0.15, 0.2) is 0 Å². The minimum atomic E-state index is 0.275. The van der Waals surface area contributed by atoms with Gasteiger partial charge in [-0.15, -0.1) is 0 Å². The fraction of sp³-hybridized carbons (Fsp3) is 0.500. The zero-order chi connectivity index (χ0) is 12.1. The largest absolute Gasteiger partial charge is 0.300 e. The van der Waals surface area contributed by atoms with Crippen LogP contribution in [0.5, 0.6) is 0 Å². The van der Waals surface area contributed by atoms with E-state index in [-0.39, 0.29) is 5.78 Å². The van der Waals surface area contributed by atoms with E-state index in [0.29, 0.717) is 12.3 Å². The van der Waals surface area contributed by atoms with Crippen molar-refractivity contribution in [2.75, 3.05) is 0 Å². The molecule has 0 saturated carbocycles. The second-order valence-electron chi connectivity index (χ2n) is 4.49. The number of carbonyl (C=O) groups is 1. The summed E-state index contributed by atoms with van der Waals surface area (Å²) in [6.45, 7) is 5.94. The molecule has 0 N–H and O–H groups in total. The first-order chi connectivity index (χ1) is 7.52. The van der Waals surface area contributed by atoms with Crippen LogP contribution < -0.4 is 0 Å². The fourth-order valence-electron chi connectivity index (χ4n) is 1.97. The van der Waals surface area contributed by atoms with E-state index in [1.807, 2.05) is 0 Å². The SMILES string of the molecule is CCc1ccc(CC(C)CC(C)=O)cc1Br. The molecule has 0 aliphatic rings. The molecule has 1 nitrogen and oxygen atoms in total. The van der Waals surface area contributed by atoms with Gasteiger partial charge < -0.3 is 4.79 Å². The molecule has 0 spiro atoms. The van der Waals surface area contributed by atoms with Crippen molar-refractivity contribution in [2.45, 2.75) is 40.0 Å². The Kier molecular flexibility index (Phi) is 5.20. The summed E-state index contributed by atoms with van der Waals surface area (Å²) in [6, 6.07) is 6.51. The molecule has 2 heteroatoms. The Morgan fingerprint density at radius 3 is 2.62 bits per heavy atom. The summed E-state index contributed by atoms with van der Waals surface area (Å²) >= 11 is 3.58. The molecule has 1 aromatic rings. The van der Waals surface area contributed by atoms with E-state index < -0.39 is 0 Å². The molecule has 0 heterocycles. The monoisotopic (exact) mass is 282 g/mol. The minimum absolute atomic E-state index is 0.275. The van der Waals surface area contributed by atoms with Crippen molar-refractivity contribution in [2.24, 2.45) is 5.92 Å². The fourth-order valence-corrected chi connectivity index (χ4v) is 2.68. The van der Waals surface area contributed by atoms with E-state index >= 15 is 0 Å². The zero-order valence-electron chi connectivity index (χ0n) is 10.2. The van der Waals surface area contributed by atoms with Crippen LogP contribution in [-0.2, 0) is 17.6 Å². The van der Waals surface area contributed by atoms with Gasteiger partial charge in [-0.05, 0) is 42.9 Å². The number of Topliss-reactive ketones (excluding diaryl/α,β-unsaturated/α-hetero) is 1. The molecule has 0 radical (unpaired) electrons. The maximum Gasteiger partial charge on any atom is 0.130 e. The predicted molar refractivity (Wildman–Crippen MR) is 71.7 cm³/mol. The van der Waals surface area contributed by atoms with E-state index in [1.165, 1.54) is 15.6 Å². The van der Waals surface area contributed by atoms with Gasteiger partial charge >= 0.3 is 0 Å². The van der Waals surface area contributed by atoms with Crippen LogP contribution in [0.4, 0.5) is 0 Å². The van der Waals surface area contributed by atoms with Gasteiger partial charge in [0.1, 0.15) is 5.78 Å². The predicted octanol–water partition coefficient (Wildman–Crippen LogP) is 4.17. The average molecular weight is 283 g/mol. The van der Waals surface area contributed by atoms with Crippen LogP contribution in [0.25, 0.3) is 0 Å². The van der Waals surface area contributed by atoms with Crippen molar-refractivity contribution in [3.63, 3.8) is 0 Å². The second kappa shape index (κ2) is 6.19. The molecule has 16 heavy (non-hydrogen) atoms. The van der Waals surface area contributed by atoms with E-state index in [0.717, 1.165) is 12.8 Å². The van der Waals surface area contributed by atoms with Gasteiger partial charge in [0.2, 0.25) is 0 Å². The van der Waals surface area contributed by atoms with Crippen LogP contribution >= 0.6 is 15.9 Å². The Morgan fingerprint density at radius 1 is 1.44 bits per heavy atom. The minimum Gasteiger partial charge on any atom is -0.300 e. The lowest BCUT2D eigenvalue weighted by Gasteiger charge is -2.11. The van der Waals surface area contributed by atoms with Gasteiger partial charge in [-0.25, -0.2) is 0 Å². The quantitative estimate of drug-likeness (QED) is 0.792. The average Bonchev–Trinajstić information content (AvgIpc) is 2.16. The highest BCUT2D eigenvalue weighted by molar-refractivity contribution is 9.10. The number of benzene rings is 1. The summed E-state index contributed by atoms with van der Waals surface area (Å²) in [5.74, 6) is 0.702. The Labute approximate surface area is 106 Å². The summed E-state index contributed by atoms with van der Waals surface area (Å²) in [7, 11) is 0. The normalized spacial score (nSPS) is 12.5. The van der Waals surface area contributed by atoms with Crippen LogP contribution in [0.15, 0.2) is 22.7 Å². The van der Waals surface area contributed by atoms with Gasteiger partial charge in [-0.3, -0.25) is 0 Å². The number of rotatable bonds is 5. The summed E-state index contributed by atoms with van der Waals surface area (Å²) in [5, 5.41) is 0. The highest BCUT2D eigenvalue weighted by Crippen LogP contribution is 2.21. The van der Waals surface area contributed by atoms with Crippen molar-refractivity contribution >= 4 is 21.7 Å². The van der Waals surface area contributed by atoms with Crippen LogP contribution in [0.2, 0.25) is 0 Å². The third kappa shape index (κ3) is 4.09. The summed E-state index contributed by atoms with van der Waals surface area (Å²) in [4.78, 5) is 11.0. The van der Waals surface area contributed by atoms with Gasteiger partial charge in [0.05, 0.1) is 0 Å². The summed E-state index contributed by atoms with van der Waals surface area (Å²) in [6.07, 6.45) is 2.69. The molecule has 0 fully saturated rings. The molecule has 0 aliphatic carbocycles. The lowest BCUT2D eigenvalue weighted by atomic mass is 9.96. The van der Waals surface area contributed by atoms with Crippen molar-refractivity contribution in [1.82, 2.24) is 0 Å². The van der Waals surface area contributed by atoms with E-state index in [9.17, 15) is 4.79 Å². The van der Waals surface area contributed by atoms with E-state index in [2.05, 4.69) is 48.0 Å². The van der Waals surface area contributed by atoms with Gasteiger partial charge in [0.25, 0.3) is 0 Å². The first-order valence-corrected chi connectivity index (χ1v) is 6.59. The summed E-state index contributed by atoms with van der Waals surface area (Å²) in [5.41, 5.74) is 2.64. The highest BCUT2D eigenvalue weighted by atomic mass is 79.9. The molecule has 0 amide bonds. The van der Waals surface area contributed by atoms with Crippen LogP contribution in [0.3, 0.4) is 0 Å². The third-order valence-electron chi connectivity index (χ3n) is 2.72. The Bertz CT molecular complexity index is 371. The molecule has 0 aromatic heterocycles. The maximum atomic E-state index is 11.0. The standard InChI is InChI=1S/C14H19BrO/c1-4-13-6-5-12(9-14(13)15)8-10(2)7-11(3)16/h5-6,9-10H,4,7-8H2,1-3H3. The van der Waals surface area contributed by atoms with Crippen molar-refractivity contribution in [1.29, 1.82) is 0 Å². The number of hydrogen-bond acceptors (Lipinski definition) is 1. The topological polar surface area (TPSA) is 17.1 Å². The molecule has 1 rings (SSSR count). The lowest BCUT2D eigenvalue weighted by Crippen LogP contribution is -2.05. The van der Waals surface area contributed by atoms with Crippen LogP contribution in [0, 0.1) is 5.92 Å². The molecule has 1 unspecified atom stereocenters. The van der Waals surface area contributed by atoms with E-state index in [1.54, 1.807) is 6.92 Å². The number of halogens is 1. The lowest BCUT2D eigenvalue weighted by molar-refractivity contribution is -0.117. The van der Waals surface area contributed by atoms with Gasteiger partial charge in [-0.2, -0.15) is 0 Å². The molecule has 88 valence electrons. The van der Waals surface area contributed by atoms with Crippen molar-refractivity contribution < 1.29 is 4.79 Å². The smallest absolute Gasteiger partial charge is 0.130 e. The van der Waals surface area contributed by atoms with Crippen molar-refractivity contribution in [3.05, 3.63) is 33.8 Å². The number of aryl methyl sites for hydroxylation is 1. The first kappa shape index (κ1) is 13.4. The Morgan fingerprint density at radius 2 is 2.12 bits per heavy atom. The Balaban J connectivity index is 2.67. The summed E-state index contributed by atoms with van der Waals surface area (Å²) < 4.78 is 1.18. The molecule has 1 aromatic carbocycles. The molecular weight excluding hydrogens is 264 g/mol. The van der Waals surface area contributed by atoms with Gasteiger partial charge in [0, 0.05) is 10.9 Å². The second-order valence-corrected chi connectivity index (χ2v) is 5.35. The Hall–Kier alpha value is -0.630. The maximum absolute atomic E-state index is 11.0. The van der Waals surface area contributed by atoms with Gasteiger partial charge in [-0.1, -0.05) is 41.9 Å². The van der Waals surface area contributed by atoms with E-state index in [4.69, 9.17) is 0 Å². The van der Waals surface area contributed by atoms with Crippen LogP contribution in [0.1, 0.15) is 38.3 Å². The zero-order valence-corrected chi connectivity index (χ0v) is 11.8. The van der Waals surface area contributed by atoms with Crippen molar-refractivity contribution in [3.8, 4) is 0 Å². The molecule has 0 saturated heterocycles. The molecule has 0 aliphatic heterocycles. The molecule has 1 atom stereocenters. The number of hydrogen-bond donors (Lipinski definition) is 0. The molecule has 0 bridgehead atoms. The first-order valence-electron chi connectivity index (χ1n) is 5.79. The highest BCUT2D eigenvalue weighted by Gasteiger charge is 2.07. The third-order valence-corrected chi connectivity index (χ3v) is 3.46. The number of carbonyl (C=O) groups excluding carboxylic acids is 1. The number of ketones is 1. The molecular formula is C14H19BrO. The van der Waals surface area contributed by atoms with Crippen LogP contribution in [-0.4, -0.2) is 5.78 Å².